The Morgan fingerprint density at radius 2 is 2.06 bits per heavy atom. The fourth-order valence-electron chi connectivity index (χ4n) is 1.93. The second-order valence-corrected chi connectivity index (χ2v) is 4.70. The van der Waals surface area contributed by atoms with Gasteiger partial charge in [-0.2, -0.15) is 0 Å². The second kappa shape index (κ2) is 6.18. The van der Waals surface area contributed by atoms with Crippen LogP contribution in [-0.4, -0.2) is 43.2 Å². The van der Waals surface area contributed by atoms with E-state index in [2.05, 4.69) is 10.2 Å². The fourth-order valence-corrected chi connectivity index (χ4v) is 2.11. The summed E-state index contributed by atoms with van der Waals surface area (Å²) in [6.45, 7) is 4.85. The van der Waals surface area contributed by atoms with Crippen LogP contribution in [0, 0.1) is 0 Å². The van der Waals surface area contributed by atoms with Crippen molar-refractivity contribution in [3.05, 3.63) is 29.3 Å². The van der Waals surface area contributed by atoms with E-state index in [0.717, 1.165) is 13.1 Å². The molecule has 1 fully saturated rings. The van der Waals surface area contributed by atoms with Crippen LogP contribution in [0.1, 0.15) is 6.92 Å². The topological polar surface area (TPSA) is 41.6 Å². The lowest BCUT2D eigenvalue weighted by atomic mass is 10.2. The minimum Gasteiger partial charge on any atom is -0.379 e. The monoisotopic (exact) mass is 268 g/mol. The van der Waals surface area contributed by atoms with Gasteiger partial charge in [-0.3, -0.25) is 9.69 Å². The number of hydrogen-bond donors (Lipinski definition) is 1. The number of carbonyl (C=O) groups excluding carboxylic acids is 1. The Labute approximate surface area is 112 Å². The van der Waals surface area contributed by atoms with Crippen molar-refractivity contribution >= 4 is 23.2 Å². The van der Waals surface area contributed by atoms with Gasteiger partial charge in [0.05, 0.1) is 30.0 Å². The largest absolute Gasteiger partial charge is 0.379 e. The Hall–Kier alpha value is -1.10. The lowest BCUT2D eigenvalue weighted by molar-refractivity contribution is -0.122. The number of benzene rings is 1. The van der Waals surface area contributed by atoms with Gasteiger partial charge in [-0.1, -0.05) is 23.7 Å². The van der Waals surface area contributed by atoms with E-state index in [4.69, 9.17) is 16.3 Å². The summed E-state index contributed by atoms with van der Waals surface area (Å²) in [5.41, 5.74) is 0.657. The molecular weight excluding hydrogens is 252 g/mol. The maximum atomic E-state index is 12.1. The highest BCUT2D eigenvalue weighted by Gasteiger charge is 2.23. The zero-order valence-electron chi connectivity index (χ0n) is 10.4. The number of anilines is 1. The third-order valence-electron chi connectivity index (χ3n) is 3.10. The minimum absolute atomic E-state index is 0.0370. The average Bonchev–Trinajstić information content (AvgIpc) is 2.41. The van der Waals surface area contributed by atoms with Crippen molar-refractivity contribution in [1.82, 2.24) is 4.90 Å². The molecule has 18 heavy (non-hydrogen) atoms. The predicted octanol–water partition coefficient (Wildman–Crippen LogP) is 2.00. The number of ether oxygens (including phenoxy) is 1. The molecule has 0 unspecified atom stereocenters. The molecule has 2 rings (SSSR count). The smallest absolute Gasteiger partial charge is 0.241 e. The van der Waals surface area contributed by atoms with E-state index in [0.29, 0.717) is 23.9 Å². The molecule has 0 saturated carbocycles. The first-order valence-electron chi connectivity index (χ1n) is 6.05. The van der Waals surface area contributed by atoms with E-state index >= 15 is 0 Å². The molecule has 0 radical (unpaired) electrons. The van der Waals surface area contributed by atoms with Gasteiger partial charge < -0.3 is 10.1 Å². The van der Waals surface area contributed by atoms with Crippen molar-refractivity contribution in [2.45, 2.75) is 13.0 Å². The average molecular weight is 269 g/mol. The molecule has 1 aromatic rings. The van der Waals surface area contributed by atoms with Gasteiger partial charge in [0, 0.05) is 13.1 Å². The molecule has 5 heteroatoms. The van der Waals surface area contributed by atoms with Crippen LogP contribution in [0.3, 0.4) is 0 Å². The van der Waals surface area contributed by atoms with Gasteiger partial charge in [0.25, 0.3) is 0 Å². The molecule has 1 aliphatic rings. The van der Waals surface area contributed by atoms with E-state index in [-0.39, 0.29) is 11.9 Å². The molecule has 1 atom stereocenters. The summed E-state index contributed by atoms with van der Waals surface area (Å²) < 4.78 is 5.27. The molecule has 1 aromatic carbocycles. The van der Waals surface area contributed by atoms with E-state index in [1.807, 2.05) is 19.1 Å². The first kappa shape index (κ1) is 13.3. The summed E-state index contributed by atoms with van der Waals surface area (Å²) in [5, 5.41) is 3.41. The molecular formula is C13H17ClN2O2. The molecule has 0 spiro atoms. The van der Waals surface area contributed by atoms with Gasteiger partial charge in [-0.15, -0.1) is 0 Å². The quantitative estimate of drug-likeness (QED) is 0.912. The zero-order valence-corrected chi connectivity index (χ0v) is 11.1. The van der Waals surface area contributed by atoms with Crippen LogP contribution in [0.4, 0.5) is 5.69 Å². The lowest BCUT2D eigenvalue weighted by Gasteiger charge is -2.31. The molecule has 1 aliphatic heterocycles. The van der Waals surface area contributed by atoms with Crippen molar-refractivity contribution in [2.24, 2.45) is 0 Å². The van der Waals surface area contributed by atoms with Gasteiger partial charge in [0.1, 0.15) is 0 Å². The molecule has 0 aliphatic carbocycles. The Bertz CT molecular complexity index is 419. The highest BCUT2D eigenvalue weighted by atomic mass is 35.5. The SMILES string of the molecule is C[C@@H](C(=O)Nc1ccccc1Cl)N1CCOCC1. The number of nitrogens with one attached hydrogen (secondary N) is 1. The Balaban J connectivity index is 1.97. The lowest BCUT2D eigenvalue weighted by Crippen LogP contribution is -2.47. The van der Waals surface area contributed by atoms with Crippen LogP contribution >= 0.6 is 11.6 Å². The third kappa shape index (κ3) is 3.22. The van der Waals surface area contributed by atoms with E-state index in [1.165, 1.54) is 0 Å². The molecule has 1 saturated heterocycles. The zero-order chi connectivity index (χ0) is 13.0. The van der Waals surface area contributed by atoms with Crippen molar-refractivity contribution in [1.29, 1.82) is 0 Å². The fraction of sp³-hybridized carbons (Fsp3) is 0.462. The molecule has 0 bridgehead atoms. The maximum absolute atomic E-state index is 12.1. The standard InChI is InChI=1S/C13H17ClN2O2/c1-10(16-6-8-18-9-7-16)13(17)15-12-5-3-2-4-11(12)14/h2-5,10H,6-9H2,1H3,(H,15,17)/t10-/m0/s1. The second-order valence-electron chi connectivity index (χ2n) is 4.29. The maximum Gasteiger partial charge on any atom is 0.241 e. The van der Waals surface area contributed by atoms with Crippen LogP contribution in [0.5, 0.6) is 0 Å². The van der Waals surface area contributed by atoms with E-state index in [1.54, 1.807) is 12.1 Å². The van der Waals surface area contributed by atoms with Crippen molar-refractivity contribution < 1.29 is 9.53 Å². The van der Waals surface area contributed by atoms with Crippen molar-refractivity contribution in [3.8, 4) is 0 Å². The summed E-state index contributed by atoms with van der Waals surface area (Å²) in [4.78, 5) is 14.2. The summed E-state index contributed by atoms with van der Waals surface area (Å²) in [6, 6.07) is 7.07. The Kier molecular flexibility index (Phi) is 4.58. The first-order valence-corrected chi connectivity index (χ1v) is 6.43. The number of morpholine rings is 1. The van der Waals surface area contributed by atoms with E-state index in [9.17, 15) is 4.79 Å². The summed E-state index contributed by atoms with van der Waals surface area (Å²) in [5.74, 6) is -0.0370. The van der Waals surface area contributed by atoms with Crippen molar-refractivity contribution in [3.63, 3.8) is 0 Å². The van der Waals surface area contributed by atoms with Gasteiger partial charge in [0.15, 0.2) is 0 Å². The molecule has 1 N–H and O–H groups in total. The van der Waals surface area contributed by atoms with Crippen molar-refractivity contribution in [2.75, 3.05) is 31.6 Å². The summed E-state index contributed by atoms with van der Waals surface area (Å²) in [7, 11) is 0. The number of rotatable bonds is 3. The Morgan fingerprint density at radius 1 is 1.39 bits per heavy atom. The van der Waals surface area contributed by atoms with E-state index < -0.39 is 0 Å². The molecule has 0 aromatic heterocycles. The number of halogens is 1. The number of carbonyl (C=O) groups is 1. The normalized spacial score (nSPS) is 18.3. The molecule has 1 amide bonds. The third-order valence-corrected chi connectivity index (χ3v) is 3.43. The van der Waals surface area contributed by atoms with Gasteiger partial charge in [-0.25, -0.2) is 0 Å². The predicted molar refractivity (Wildman–Crippen MR) is 71.9 cm³/mol. The highest BCUT2D eigenvalue weighted by molar-refractivity contribution is 6.33. The van der Waals surface area contributed by atoms with Crippen LogP contribution in [0.15, 0.2) is 24.3 Å². The summed E-state index contributed by atoms with van der Waals surface area (Å²) in [6.07, 6.45) is 0. The highest BCUT2D eigenvalue weighted by Crippen LogP contribution is 2.21. The van der Waals surface area contributed by atoms with Crippen LogP contribution < -0.4 is 5.32 Å². The molecule has 1 heterocycles. The number of amides is 1. The van der Waals surface area contributed by atoms with Crippen LogP contribution in [0.2, 0.25) is 5.02 Å². The van der Waals surface area contributed by atoms with Crippen LogP contribution in [-0.2, 0) is 9.53 Å². The van der Waals surface area contributed by atoms with Gasteiger partial charge in [-0.05, 0) is 19.1 Å². The Morgan fingerprint density at radius 3 is 2.72 bits per heavy atom. The minimum atomic E-state index is -0.176. The molecule has 4 nitrogen and oxygen atoms in total. The van der Waals surface area contributed by atoms with Gasteiger partial charge in [0.2, 0.25) is 5.91 Å². The number of hydrogen-bond acceptors (Lipinski definition) is 3. The summed E-state index contributed by atoms with van der Waals surface area (Å²) >= 11 is 6.01. The first-order chi connectivity index (χ1) is 8.68. The molecule has 98 valence electrons. The number of para-hydroxylation sites is 1. The van der Waals surface area contributed by atoms with Crippen LogP contribution in [0.25, 0.3) is 0 Å². The van der Waals surface area contributed by atoms with Gasteiger partial charge >= 0.3 is 0 Å². The number of nitrogens with zero attached hydrogens (tertiary/aromatic N) is 1.